The number of halogens is 1. The molecule has 2 heterocycles. The predicted molar refractivity (Wildman–Crippen MR) is 102 cm³/mol. The Hall–Kier alpha value is -1.95. The summed E-state index contributed by atoms with van der Waals surface area (Å²) in [5.41, 5.74) is 0.692. The molecule has 6 heteroatoms. The number of carbonyl (C=O) groups is 2. The molecular weight excluding hydrogens is 345 g/mol. The Labute approximate surface area is 160 Å². The standard InChI is InChI=1S/C21H30FN3O2/c1-21(2,25-10-3-4-11-25)15-23-20(27)17-8-9-19(26)24(14-17)13-16-6-5-7-18(22)12-16/h5-7,12,17H,3-4,8-11,13-15H2,1-2H3,(H,23,27). The van der Waals surface area contributed by atoms with Crippen LogP contribution in [-0.4, -0.2) is 53.3 Å². The summed E-state index contributed by atoms with van der Waals surface area (Å²) in [4.78, 5) is 29.0. The number of benzene rings is 1. The third-order valence-corrected chi connectivity index (χ3v) is 5.79. The van der Waals surface area contributed by atoms with Crippen molar-refractivity contribution < 1.29 is 14.0 Å². The van der Waals surface area contributed by atoms with Gasteiger partial charge < -0.3 is 10.2 Å². The van der Waals surface area contributed by atoms with Crippen LogP contribution in [0.4, 0.5) is 4.39 Å². The summed E-state index contributed by atoms with van der Waals surface area (Å²) in [6.45, 7) is 7.86. The molecule has 0 aromatic heterocycles. The Morgan fingerprint density at radius 1 is 1.30 bits per heavy atom. The zero-order valence-corrected chi connectivity index (χ0v) is 16.3. The second kappa shape index (κ2) is 8.38. The van der Waals surface area contributed by atoms with Crippen LogP contribution in [0.15, 0.2) is 24.3 Å². The van der Waals surface area contributed by atoms with Crippen molar-refractivity contribution in [1.82, 2.24) is 15.1 Å². The highest BCUT2D eigenvalue weighted by Gasteiger charge is 2.33. The van der Waals surface area contributed by atoms with Gasteiger partial charge in [0.05, 0.1) is 5.92 Å². The minimum Gasteiger partial charge on any atom is -0.354 e. The lowest BCUT2D eigenvalue weighted by Gasteiger charge is -2.37. The fourth-order valence-corrected chi connectivity index (χ4v) is 4.02. The maximum Gasteiger partial charge on any atom is 0.224 e. The SMILES string of the molecule is CC(C)(CNC(=O)C1CCC(=O)N(Cc2cccc(F)c2)C1)N1CCCC1. The van der Waals surface area contributed by atoms with Crippen molar-refractivity contribution in [3.63, 3.8) is 0 Å². The second-order valence-electron chi connectivity index (χ2n) is 8.36. The number of rotatable bonds is 6. The van der Waals surface area contributed by atoms with Gasteiger partial charge in [-0.2, -0.15) is 0 Å². The zero-order chi connectivity index (χ0) is 19.4. The molecule has 1 unspecified atom stereocenters. The smallest absolute Gasteiger partial charge is 0.224 e. The summed E-state index contributed by atoms with van der Waals surface area (Å²) in [7, 11) is 0. The Balaban J connectivity index is 1.54. The van der Waals surface area contributed by atoms with E-state index >= 15 is 0 Å². The third-order valence-electron chi connectivity index (χ3n) is 5.79. The number of hydrogen-bond donors (Lipinski definition) is 1. The summed E-state index contributed by atoms with van der Waals surface area (Å²) >= 11 is 0. The predicted octanol–water partition coefficient (Wildman–Crippen LogP) is 2.55. The van der Waals surface area contributed by atoms with Crippen LogP contribution in [-0.2, 0) is 16.1 Å². The Morgan fingerprint density at radius 3 is 2.74 bits per heavy atom. The van der Waals surface area contributed by atoms with Crippen LogP contribution in [0.25, 0.3) is 0 Å². The van der Waals surface area contributed by atoms with E-state index in [1.54, 1.807) is 17.0 Å². The van der Waals surface area contributed by atoms with Gasteiger partial charge in [0.2, 0.25) is 11.8 Å². The zero-order valence-electron chi connectivity index (χ0n) is 16.3. The fraction of sp³-hybridized carbons (Fsp3) is 0.619. The van der Waals surface area contributed by atoms with Gasteiger partial charge in [-0.15, -0.1) is 0 Å². The molecule has 2 saturated heterocycles. The van der Waals surface area contributed by atoms with E-state index in [1.165, 1.54) is 25.0 Å². The lowest BCUT2D eigenvalue weighted by atomic mass is 9.95. The van der Waals surface area contributed by atoms with Gasteiger partial charge in [-0.25, -0.2) is 4.39 Å². The largest absolute Gasteiger partial charge is 0.354 e. The maximum absolute atomic E-state index is 13.4. The number of nitrogens with zero attached hydrogens (tertiary/aromatic N) is 2. The van der Waals surface area contributed by atoms with Gasteiger partial charge in [-0.3, -0.25) is 14.5 Å². The van der Waals surface area contributed by atoms with E-state index in [-0.39, 0.29) is 29.1 Å². The van der Waals surface area contributed by atoms with E-state index in [0.29, 0.717) is 32.5 Å². The summed E-state index contributed by atoms with van der Waals surface area (Å²) in [6, 6.07) is 6.28. The van der Waals surface area contributed by atoms with E-state index in [4.69, 9.17) is 0 Å². The van der Waals surface area contributed by atoms with Crippen molar-refractivity contribution in [2.75, 3.05) is 26.2 Å². The molecule has 3 rings (SSSR count). The minimum atomic E-state index is -0.310. The molecule has 1 atom stereocenters. The average molecular weight is 375 g/mol. The van der Waals surface area contributed by atoms with Crippen LogP contribution in [0, 0.1) is 11.7 Å². The van der Waals surface area contributed by atoms with E-state index in [2.05, 4.69) is 24.1 Å². The molecule has 27 heavy (non-hydrogen) atoms. The van der Waals surface area contributed by atoms with Gasteiger partial charge in [0.1, 0.15) is 5.82 Å². The van der Waals surface area contributed by atoms with E-state index in [9.17, 15) is 14.0 Å². The van der Waals surface area contributed by atoms with E-state index in [0.717, 1.165) is 18.7 Å². The van der Waals surface area contributed by atoms with Crippen molar-refractivity contribution in [3.05, 3.63) is 35.6 Å². The number of carbonyl (C=O) groups excluding carboxylic acids is 2. The summed E-state index contributed by atoms with van der Waals surface area (Å²) in [6.07, 6.45) is 3.38. The van der Waals surface area contributed by atoms with Crippen LogP contribution >= 0.6 is 0 Å². The first-order valence-electron chi connectivity index (χ1n) is 9.90. The summed E-state index contributed by atoms with van der Waals surface area (Å²) < 4.78 is 13.4. The molecule has 148 valence electrons. The Morgan fingerprint density at radius 2 is 2.04 bits per heavy atom. The number of hydrogen-bond acceptors (Lipinski definition) is 3. The first-order valence-corrected chi connectivity index (χ1v) is 9.90. The molecule has 0 aliphatic carbocycles. The molecule has 0 bridgehead atoms. The van der Waals surface area contributed by atoms with Crippen LogP contribution in [0.2, 0.25) is 0 Å². The number of amides is 2. The minimum absolute atomic E-state index is 0.0130. The summed E-state index contributed by atoms with van der Waals surface area (Å²) in [5.74, 6) is -0.472. The molecule has 0 spiro atoms. The van der Waals surface area contributed by atoms with Gasteiger partial charge in [0.15, 0.2) is 0 Å². The van der Waals surface area contributed by atoms with Crippen molar-refractivity contribution in [2.24, 2.45) is 5.92 Å². The molecule has 0 saturated carbocycles. The van der Waals surface area contributed by atoms with Crippen LogP contribution in [0.3, 0.4) is 0 Å². The monoisotopic (exact) mass is 375 g/mol. The molecule has 5 nitrogen and oxygen atoms in total. The second-order valence-corrected chi connectivity index (χ2v) is 8.36. The van der Waals surface area contributed by atoms with Gasteiger partial charge in [0, 0.05) is 31.6 Å². The van der Waals surface area contributed by atoms with Gasteiger partial charge in [-0.05, 0) is 63.9 Å². The quantitative estimate of drug-likeness (QED) is 0.831. The maximum atomic E-state index is 13.4. The van der Waals surface area contributed by atoms with Crippen LogP contribution in [0.1, 0.15) is 45.1 Å². The van der Waals surface area contributed by atoms with Gasteiger partial charge >= 0.3 is 0 Å². The molecule has 2 fully saturated rings. The van der Waals surface area contributed by atoms with Crippen molar-refractivity contribution >= 4 is 11.8 Å². The van der Waals surface area contributed by atoms with Crippen molar-refractivity contribution in [2.45, 2.75) is 51.6 Å². The number of piperidine rings is 1. The molecule has 1 N–H and O–H groups in total. The molecular formula is C21H30FN3O2. The molecule has 2 aliphatic rings. The van der Waals surface area contributed by atoms with Crippen molar-refractivity contribution in [1.29, 1.82) is 0 Å². The van der Waals surface area contributed by atoms with Gasteiger partial charge in [0.25, 0.3) is 0 Å². The van der Waals surface area contributed by atoms with Crippen LogP contribution in [0.5, 0.6) is 0 Å². The molecule has 0 radical (unpaired) electrons. The average Bonchev–Trinajstić information content (AvgIpc) is 3.17. The first kappa shape index (κ1) is 19.8. The normalized spacial score (nSPS) is 21.5. The third kappa shape index (κ3) is 5.06. The van der Waals surface area contributed by atoms with E-state index in [1.807, 2.05) is 0 Å². The van der Waals surface area contributed by atoms with Gasteiger partial charge in [-0.1, -0.05) is 12.1 Å². The number of likely N-dealkylation sites (tertiary alicyclic amines) is 2. The molecule has 2 aliphatic heterocycles. The summed E-state index contributed by atoms with van der Waals surface area (Å²) in [5, 5.41) is 3.10. The highest BCUT2D eigenvalue weighted by atomic mass is 19.1. The lowest BCUT2D eigenvalue weighted by Crippen LogP contribution is -2.53. The Kier molecular flexibility index (Phi) is 6.15. The first-order chi connectivity index (χ1) is 12.8. The molecule has 1 aromatic carbocycles. The number of nitrogens with one attached hydrogen (secondary N) is 1. The highest BCUT2D eigenvalue weighted by Crippen LogP contribution is 2.22. The fourth-order valence-electron chi connectivity index (χ4n) is 4.02. The molecule has 2 amide bonds. The molecule has 1 aromatic rings. The van der Waals surface area contributed by atoms with Crippen molar-refractivity contribution in [3.8, 4) is 0 Å². The topological polar surface area (TPSA) is 52.7 Å². The van der Waals surface area contributed by atoms with Crippen LogP contribution < -0.4 is 5.32 Å². The lowest BCUT2D eigenvalue weighted by molar-refractivity contribution is -0.139. The Bertz CT molecular complexity index is 686. The van der Waals surface area contributed by atoms with E-state index < -0.39 is 0 Å². The highest BCUT2D eigenvalue weighted by molar-refractivity contribution is 5.83.